The van der Waals surface area contributed by atoms with Crippen LogP contribution in [0, 0.1) is 11.8 Å². The van der Waals surface area contributed by atoms with Gasteiger partial charge in [0.15, 0.2) is 0 Å². The Balaban J connectivity index is 1.63. The summed E-state index contributed by atoms with van der Waals surface area (Å²) < 4.78 is 0. The molecule has 5 heteroatoms. The van der Waals surface area contributed by atoms with Gasteiger partial charge in [0.1, 0.15) is 0 Å². The first-order valence-corrected chi connectivity index (χ1v) is 9.70. The van der Waals surface area contributed by atoms with Crippen LogP contribution in [0.5, 0.6) is 0 Å². The van der Waals surface area contributed by atoms with E-state index in [0.717, 1.165) is 26.1 Å². The van der Waals surface area contributed by atoms with Crippen LogP contribution in [-0.2, 0) is 13.0 Å². The van der Waals surface area contributed by atoms with Crippen LogP contribution in [0.25, 0.3) is 0 Å². The molecule has 0 radical (unpaired) electrons. The Bertz CT molecular complexity index is 579. The lowest BCUT2D eigenvalue weighted by atomic mass is 9.92. The van der Waals surface area contributed by atoms with Gasteiger partial charge in [-0.1, -0.05) is 13.8 Å². The van der Waals surface area contributed by atoms with E-state index in [-0.39, 0.29) is 6.61 Å². The second-order valence-electron chi connectivity index (χ2n) is 6.62. The number of rotatable bonds is 6. The van der Waals surface area contributed by atoms with Crippen molar-refractivity contribution < 1.29 is 5.11 Å². The van der Waals surface area contributed by atoms with Crippen molar-refractivity contribution in [2.24, 2.45) is 11.8 Å². The average Bonchev–Trinajstić information content (AvgIpc) is 3.18. The fraction of sp³-hybridized carbons (Fsp3) is 0.588. The number of aliphatic hydroxyl groups is 1. The van der Waals surface area contributed by atoms with E-state index in [1.54, 1.807) is 11.3 Å². The van der Waals surface area contributed by atoms with Crippen LogP contribution < -0.4 is 0 Å². The zero-order valence-corrected chi connectivity index (χ0v) is 14.9. The first kappa shape index (κ1) is 16.1. The maximum atomic E-state index is 9.69. The molecule has 2 aromatic heterocycles. The minimum atomic E-state index is 0.276. The van der Waals surface area contributed by atoms with Crippen LogP contribution in [0.15, 0.2) is 23.0 Å². The molecule has 0 saturated carbocycles. The summed E-state index contributed by atoms with van der Waals surface area (Å²) >= 11 is 3.59. The normalized spacial score (nSPS) is 22.7. The lowest BCUT2D eigenvalue weighted by molar-refractivity contribution is 0.214. The minimum absolute atomic E-state index is 0.276. The average molecular weight is 337 g/mol. The first-order valence-electron chi connectivity index (χ1n) is 7.94. The summed E-state index contributed by atoms with van der Waals surface area (Å²) in [6.45, 7) is 7.73. The Hall–Kier alpha value is -0.750. The van der Waals surface area contributed by atoms with Crippen LogP contribution in [0.3, 0.4) is 0 Å². The maximum absolute atomic E-state index is 9.69. The molecule has 3 nitrogen and oxygen atoms in total. The smallest absolute Gasteiger partial charge is 0.0930 e. The van der Waals surface area contributed by atoms with Crippen molar-refractivity contribution in [1.82, 2.24) is 9.88 Å². The van der Waals surface area contributed by atoms with Gasteiger partial charge in [0.05, 0.1) is 5.01 Å². The van der Waals surface area contributed by atoms with Crippen LogP contribution in [0.1, 0.15) is 35.2 Å². The zero-order chi connectivity index (χ0) is 15.5. The lowest BCUT2D eigenvalue weighted by Gasteiger charge is -2.14. The molecule has 1 N–H and O–H groups in total. The van der Waals surface area contributed by atoms with Gasteiger partial charge in [0.2, 0.25) is 0 Å². The van der Waals surface area contributed by atoms with Gasteiger partial charge in [-0.05, 0) is 28.3 Å². The molecular formula is C17H24N2OS2. The molecule has 0 bridgehead atoms. The molecule has 2 atom stereocenters. The summed E-state index contributed by atoms with van der Waals surface area (Å²) in [5.41, 5.74) is 1.39. The SMILES string of the molecule is CC(C)Cc1ncc(CN2C[C@@H](CO)[C@H](c3ccsc3)C2)s1. The molecule has 0 aromatic carbocycles. The van der Waals surface area contributed by atoms with Gasteiger partial charge in [0.25, 0.3) is 0 Å². The summed E-state index contributed by atoms with van der Waals surface area (Å²) in [6, 6.07) is 2.20. The van der Waals surface area contributed by atoms with E-state index in [9.17, 15) is 5.11 Å². The predicted molar refractivity (Wildman–Crippen MR) is 93.6 cm³/mol. The highest BCUT2D eigenvalue weighted by atomic mass is 32.1. The Morgan fingerprint density at radius 1 is 1.41 bits per heavy atom. The van der Waals surface area contributed by atoms with Gasteiger partial charge in [-0.3, -0.25) is 4.90 Å². The molecule has 0 unspecified atom stereocenters. The standard InChI is InChI=1S/C17H24N2OS2/c1-12(2)5-17-18-6-15(22-17)8-19-7-14(10-20)16(9-19)13-3-4-21-11-13/h3-4,6,11-12,14,16,20H,5,7-10H2,1-2H3/t14-,16-/m0/s1. The molecule has 0 spiro atoms. The van der Waals surface area contributed by atoms with E-state index in [1.807, 2.05) is 17.5 Å². The van der Waals surface area contributed by atoms with E-state index >= 15 is 0 Å². The highest BCUT2D eigenvalue weighted by molar-refractivity contribution is 7.11. The summed E-state index contributed by atoms with van der Waals surface area (Å²) in [5.74, 6) is 1.49. The van der Waals surface area contributed by atoms with Crippen molar-refractivity contribution in [2.45, 2.75) is 32.7 Å². The number of thiophene rings is 1. The quantitative estimate of drug-likeness (QED) is 0.875. The molecule has 0 aliphatic carbocycles. The zero-order valence-electron chi connectivity index (χ0n) is 13.2. The molecule has 3 heterocycles. The molecule has 1 aliphatic rings. The number of hydrogen-bond acceptors (Lipinski definition) is 5. The Kier molecular flexibility index (Phi) is 5.29. The third-order valence-corrected chi connectivity index (χ3v) is 5.99. The molecule has 3 rings (SSSR count). The molecule has 1 saturated heterocycles. The van der Waals surface area contributed by atoms with E-state index in [0.29, 0.717) is 17.8 Å². The fourth-order valence-corrected chi connectivity index (χ4v) is 5.13. The van der Waals surface area contributed by atoms with Crippen LogP contribution in [-0.4, -0.2) is 34.7 Å². The molecule has 0 amide bonds. The van der Waals surface area contributed by atoms with E-state index in [2.05, 4.69) is 40.6 Å². The second-order valence-corrected chi connectivity index (χ2v) is 8.60. The van der Waals surface area contributed by atoms with Gasteiger partial charge in [-0.25, -0.2) is 4.98 Å². The van der Waals surface area contributed by atoms with Gasteiger partial charge in [0, 0.05) is 55.6 Å². The molecule has 120 valence electrons. The van der Waals surface area contributed by atoms with Gasteiger partial charge < -0.3 is 5.11 Å². The van der Waals surface area contributed by atoms with Crippen molar-refractivity contribution in [2.75, 3.05) is 19.7 Å². The molecular weight excluding hydrogens is 312 g/mol. The molecule has 1 aliphatic heterocycles. The molecule has 2 aromatic rings. The third kappa shape index (κ3) is 3.77. The highest BCUT2D eigenvalue weighted by Gasteiger charge is 2.33. The first-order chi connectivity index (χ1) is 10.7. The monoisotopic (exact) mass is 336 g/mol. The van der Waals surface area contributed by atoms with Gasteiger partial charge in [-0.15, -0.1) is 11.3 Å². The van der Waals surface area contributed by atoms with Crippen molar-refractivity contribution in [3.8, 4) is 0 Å². The summed E-state index contributed by atoms with van der Waals surface area (Å²) in [5, 5.41) is 15.3. The fourth-order valence-electron chi connectivity index (χ4n) is 3.22. The highest BCUT2D eigenvalue weighted by Crippen LogP contribution is 2.34. The van der Waals surface area contributed by atoms with Crippen molar-refractivity contribution >= 4 is 22.7 Å². The molecule has 1 fully saturated rings. The Morgan fingerprint density at radius 2 is 2.27 bits per heavy atom. The van der Waals surface area contributed by atoms with Gasteiger partial charge in [-0.2, -0.15) is 11.3 Å². The van der Waals surface area contributed by atoms with Crippen LogP contribution in [0.4, 0.5) is 0 Å². The second kappa shape index (κ2) is 7.21. The summed E-state index contributed by atoms with van der Waals surface area (Å²) in [7, 11) is 0. The van der Waals surface area contributed by atoms with E-state index in [4.69, 9.17) is 0 Å². The number of thiazole rings is 1. The number of likely N-dealkylation sites (tertiary alicyclic amines) is 1. The number of nitrogens with zero attached hydrogens (tertiary/aromatic N) is 2. The predicted octanol–water partition coefficient (Wildman–Crippen LogP) is 3.61. The molecule has 22 heavy (non-hydrogen) atoms. The van der Waals surface area contributed by atoms with Crippen LogP contribution >= 0.6 is 22.7 Å². The summed E-state index contributed by atoms with van der Waals surface area (Å²) in [6.07, 6.45) is 3.11. The number of aliphatic hydroxyl groups excluding tert-OH is 1. The number of hydrogen-bond donors (Lipinski definition) is 1. The van der Waals surface area contributed by atoms with Crippen molar-refractivity contribution in [3.63, 3.8) is 0 Å². The van der Waals surface area contributed by atoms with Crippen LogP contribution in [0.2, 0.25) is 0 Å². The third-order valence-electron chi connectivity index (χ3n) is 4.29. The Morgan fingerprint density at radius 3 is 2.95 bits per heavy atom. The Labute approximate surface area is 140 Å². The summed E-state index contributed by atoms with van der Waals surface area (Å²) in [4.78, 5) is 8.36. The maximum Gasteiger partial charge on any atom is 0.0930 e. The van der Waals surface area contributed by atoms with Crippen molar-refractivity contribution in [3.05, 3.63) is 38.5 Å². The topological polar surface area (TPSA) is 36.4 Å². The number of aromatic nitrogens is 1. The van der Waals surface area contributed by atoms with E-state index < -0.39 is 0 Å². The van der Waals surface area contributed by atoms with E-state index in [1.165, 1.54) is 15.4 Å². The van der Waals surface area contributed by atoms with Crippen molar-refractivity contribution in [1.29, 1.82) is 0 Å². The lowest BCUT2D eigenvalue weighted by Crippen LogP contribution is -2.20. The minimum Gasteiger partial charge on any atom is -0.396 e. The largest absolute Gasteiger partial charge is 0.396 e. The van der Waals surface area contributed by atoms with Gasteiger partial charge >= 0.3 is 0 Å².